The third-order valence-corrected chi connectivity index (χ3v) is 7.60. The molecule has 0 saturated carbocycles. The van der Waals surface area contributed by atoms with E-state index in [1.54, 1.807) is 0 Å². The molecule has 16 heteroatoms. The zero-order valence-corrected chi connectivity index (χ0v) is 19.0. The molecular formula is C20H12F2N2O10S2. The first-order valence-electron chi connectivity index (χ1n) is 9.58. The third-order valence-electron chi connectivity index (χ3n) is 5.21. The van der Waals surface area contributed by atoms with Gasteiger partial charge in [-0.25, -0.2) is 8.78 Å². The molecule has 1 aliphatic rings. The van der Waals surface area contributed by atoms with Crippen LogP contribution < -0.4 is 8.57 Å². The summed E-state index contributed by atoms with van der Waals surface area (Å²) in [5.74, 6) is -5.59. The van der Waals surface area contributed by atoms with Crippen molar-refractivity contribution in [1.82, 2.24) is 9.46 Å². The maximum atomic E-state index is 13.1. The van der Waals surface area contributed by atoms with E-state index in [4.69, 9.17) is 8.57 Å². The van der Waals surface area contributed by atoms with Gasteiger partial charge in [-0.1, -0.05) is 9.46 Å². The first kappa shape index (κ1) is 23.3. The lowest BCUT2D eigenvalue weighted by molar-refractivity contribution is 0.201. The Bertz CT molecular complexity index is 1560. The molecule has 5 rings (SSSR count). The molecule has 36 heavy (non-hydrogen) atoms. The lowest BCUT2D eigenvalue weighted by atomic mass is 9.86. The summed E-state index contributed by atoms with van der Waals surface area (Å²) in [5, 5.41) is 41.9. The second-order valence-electron chi connectivity index (χ2n) is 7.35. The molecule has 0 atom stereocenters. The Balaban J connectivity index is 1.52. The van der Waals surface area contributed by atoms with E-state index in [9.17, 15) is 46.0 Å². The van der Waals surface area contributed by atoms with E-state index in [1.165, 1.54) is 0 Å². The van der Waals surface area contributed by atoms with E-state index in [2.05, 4.69) is 0 Å². The molecule has 0 fully saturated rings. The first-order chi connectivity index (χ1) is 16.8. The number of nitrogens with zero attached hydrogens (tertiary/aromatic N) is 2. The van der Waals surface area contributed by atoms with Crippen molar-refractivity contribution in [1.29, 1.82) is 0 Å². The third kappa shape index (κ3) is 3.29. The minimum atomic E-state index is -4.69. The van der Waals surface area contributed by atoms with Crippen LogP contribution in [-0.2, 0) is 20.2 Å². The minimum Gasteiger partial charge on any atom is -0.492 e. The summed E-state index contributed by atoms with van der Waals surface area (Å²) in [4.78, 5) is -1.04. The van der Waals surface area contributed by atoms with Crippen molar-refractivity contribution in [3.8, 4) is 45.8 Å². The molecular weight excluding hydrogens is 530 g/mol. The maximum absolute atomic E-state index is 13.1. The molecule has 2 aromatic heterocycles. The summed E-state index contributed by atoms with van der Waals surface area (Å²) in [6.45, 7) is 0. The van der Waals surface area contributed by atoms with Gasteiger partial charge in [0.25, 0.3) is 0 Å². The number of rotatable bonds is 6. The van der Waals surface area contributed by atoms with Gasteiger partial charge >= 0.3 is 20.2 Å². The van der Waals surface area contributed by atoms with E-state index in [0.29, 0.717) is 0 Å². The zero-order chi connectivity index (χ0) is 26.2. The number of aromatic nitrogens is 2. The average molecular weight is 542 g/mol. The normalized spacial score (nSPS) is 12.5. The average Bonchev–Trinajstić information content (AvgIpc) is 3.10. The summed E-state index contributed by atoms with van der Waals surface area (Å²) < 4.78 is 85.7. The molecule has 0 radical (unpaired) electrons. The number of hydrogen-bond donors (Lipinski definition) is 4. The molecule has 2 heterocycles. The van der Waals surface area contributed by atoms with Gasteiger partial charge in [-0.05, 0) is 48.5 Å². The molecule has 2 aromatic carbocycles. The number of fused-ring (bicyclic) bond motifs is 4. The topological polar surface area (TPSA) is 178 Å². The number of hydrogen-bond acceptors (Lipinski definition) is 10. The van der Waals surface area contributed by atoms with Crippen LogP contribution >= 0.6 is 0 Å². The van der Waals surface area contributed by atoms with Gasteiger partial charge in [0.15, 0.2) is 0 Å². The van der Waals surface area contributed by atoms with E-state index in [0.717, 1.165) is 48.5 Å². The quantitative estimate of drug-likeness (QED) is 0.247. The highest BCUT2D eigenvalue weighted by atomic mass is 32.2. The van der Waals surface area contributed by atoms with Gasteiger partial charge in [0.05, 0.1) is 22.3 Å². The zero-order valence-electron chi connectivity index (χ0n) is 17.3. The summed E-state index contributed by atoms with van der Waals surface area (Å²) in [6, 6.07) is 6.85. The monoisotopic (exact) mass is 542 g/mol. The highest BCUT2D eigenvalue weighted by molar-refractivity contribution is 7.87. The SMILES string of the molecule is O=S(=O)(On1c(O)c2c(c1O)-c1c-2c(O)n(OS(=O)(=O)c2ccc(F)cc2)c1O)c1ccc(F)cc1. The summed E-state index contributed by atoms with van der Waals surface area (Å²) in [5.41, 5.74) is -1.59. The van der Waals surface area contributed by atoms with E-state index < -0.39 is 87.4 Å². The van der Waals surface area contributed by atoms with Crippen LogP contribution in [0.1, 0.15) is 0 Å². The van der Waals surface area contributed by atoms with Gasteiger partial charge in [0, 0.05) is 0 Å². The van der Waals surface area contributed by atoms with Crippen LogP contribution in [0.4, 0.5) is 8.78 Å². The van der Waals surface area contributed by atoms with Crippen LogP contribution in [0.2, 0.25) is 0 Å². The van der Waals surface area contributed by atoms with Crippen LogP contribution in [0.5, 0.6) is 23.5 Å². The Morgan fingerprint density at radius 3 is 1.03 bits per heavy atom. The highest BCUT2D eigenvalue weighted by Crippen LogP contribution is 2.64. The van der Waals surface area contributed by atoms with E-state index in [-0.39, 0.29) is 9.46 Å². The molecule has 0 aliphatic heterocycles. The predicted molar refractivity (Wildman–Crippen MR) is 114 cm³/mol. The minimum absolute atomic E-state index is 0.0860. The van der Waals surface area contributed by atoms with Crippen molar-refractivity contribution in [2.75, 3.05) is 0 Å². The van der Waals surface area contributed by atoms with Gasteiger partial charge in [-0.3, -0.25) is 8.57 Å². The van der Waals surface area contributed by atoms with Crippen LogP contribution in [0.25, 0.3) is 22.3 Å². The fraction of sp³-hybridized carbons (Fsp3) is 0. The van der Waals surface area contributed by atoms with Crippen molar-refractivity contribution in [2.45, 2.75) is 9.79 Å². The molecule has 1 aliphatic carbocycles. The largest absolute Gasteiger partial charge is 0.492 e. The molecule has 4 aromatic rings. The maximum Gasteiger partial charge on any atom is 0.357 e. The van der Waals surface area contributed by atoms with E-state index >= 15 is 0 Å². The fourth-order valence-electron chi connectivity index (χ4n) is 3.56. The van der Waals surface area contributed by atoms with Crippen molar-refractivity contribution < 1.29 is 54.6 Å². The second-order valence-corrected chi connectivity index (χ2v) is 10.4. The fourth-order valence-corrected chi connectivity index (χ4v) is 5.35. The van der Waals surface area contributed by atoms with Crippen LogP contribution in [0, 0.1) is 11.6 Å². The van der Waals surface area contributed by atoms with Crippen LogP contribution in [-0.4, -0.2) is 46.7 Å². The Hall–Kier alpha value is -4.44. The molecule has 0 saturated heterocycles. The molecule has 0 amide bonds. The number of aromatic hydroxyl groups is 4. The van der Waals surface area contributed by atoms with Crippen molar-refractivity contribution >= 4 is 20.2 Å². The molecule has 0 unspecified atom stereocenters. The summed E-state index contributed by atoms with van der Waals surface area (Å²) in [7, 11) is -9.38. The van der Waals surface area contributed by atoms with Crippen LogP contribution in [0.15, 0.2) is 58.3 Å². The standard InChI is InChI=1S/C20H12F2N2O10S2/c21-9-1-5-11(6-2-9)35(29,30)33-23-17(25)13-14(18(23)26)16-15(13)19(27)24(20(16)28)34-36(31,32)12-7-3-10(22)4-8-12/h1-8,25-28H. The smallest absolute Gasteiger partial charge is 0.357 e. The number of halogens is 2. The Morgan fingerprint density at radius 1 is 0.528 bits per heavy atom. The Morgan fingerprint density at radius 2 is 0.778 bits per heavy atom. The van der Waals surface area contributed by atoms with Crippen molar-refractivity contribution in [3.63, 3.8) is 0 Å². The Labute approximate surface area is 200 Å². The van der Waals surface area contributed by atoms with Crippen LogP contribution in [0.3, 0.4) is 0 Å². The number of benzene rings is 2. The lowest BCUT2D eigenvalue weighted by Gasteiger charge is -2.13. The molecule has 12 nitrogen and oxygen atoms in total. The first-order valence-corrected chi connectivity index (χ1v) is 12.4. The van der Waals surface area contributed by atoms with Gasteiger partial charge in [-0.2, -0.15) is 16.8 Å². The van der Waals surface area contributed by atoms with Gasteiger partial charge < -0.3 is 20.4 Å². The molecule has 0 bridgehead atoms. The summed E-state index contributed by atoms with van der Waals surface area (Å²) >= 11 is 0. The lowest BCUT2D eigenvalue weighted by Crippen LogP contribution is -2.20. The van der Waals surface area contributed by atoms with Crippen molar-refractivity contribution in [2.24, 2.45) is 0 Å². The highest BCUT2D eigenvalue weighted by Gasteiger charge is 2.46. The second kappa shape index (κ2) is 7.53. The predicted octanol–water partition coefficient (Wildman–Crippen LogP) is 1.67. The van der Waals surface area contributed by atoms with Crippen molar-refractivity contribution in [3.05, 3.63) is 60.2 Å². The molecule has 0 spiro atoms. The summed E-state index contributed by atoms with van der Waals surface area (Å²) in [6.07, 6.45) is 0. The molecule has 188 valence electrons. The molecule has 4 N–H and O–H groups in total. The van der Waals surface area contributed by atoms with Gasteiger partial charge in [0.2, 0.25) is 23.5 Å². The Kier molecular flexibility index (Phi) is 4.87. The van der Waals surface area contributed by atoms with E-state index in [1.807, 2.05) is 0 Å². The van der Waals surface area contributed by atoms with Gasteiger partial charge in [-0.15, -0.1) is 0 Å². The van der Waals surface area contributed by atoms with Gasteiger partial charge in [0.1, 0.15) is 21.4 Å².